The standard InChI is InChI=1S/C22H27ClN2O7/c1-25(2,21-18(28)16(26)17(27)20(32-21)22(29)30)11-12-31-19(15-5-3-4-10-24-15)13-6-8-14(23)9-7-13/h3-10,16-21,26-28H,11-12H2,1-2H3/p+1/t16?,17-,18?,19?,20-,21+/m0/s1. The van der Waals surface area contributed by atoms with E-state index >= 15 is 0 Å². The lowest BCUT2D eigenvalue weighted by Gasteiger charge is -2.46. The summed E-state index contributed by atoms with van der Waals surface area (Å²) in [5.41, 5.74) is 1.57. The van der Waals surface area contributed by atoms with E-state index in [0.717, 1.165) is 5.56 Å². The number of aromatic nitrogens is 1. The highest BCUT2D eigenvalue weighted by atomic mass is 35.5. The van der Waals surface area contributed by atoms with Gasteiger partial charge in [-0.25, -0.2) is 4.79 Å². The number of pyridine rings is 1. The summed E-state index contributed by atoms with van der Waals surface area (Å²) >= 11 is 6.01. The third-order valence-electron chi connectivity index (χ3n) is 5.60. The number of carbonyl (C=O) groups is 1. The lowest BCUT2D eigenvalue weighted by Crippen LogP contribution is -2.68. The fourth-order valence-corrected chi connectivity index (χ4v) is 3.82. The predicted molar refractivity (Wildman–Crippen MR) is 115 cm³/mol. The van der Waals surface area contributed by atoms with Crippen molar-refractivity contribution in [2.75, 3.05) is 27.2 Å². The second kappa shape index (κ2) is 10.2. The number of hydrogen-bond acceptors (Lipinski definition) is 7. The molecule has 3 rings (SSSR count). The molecule has 1 aliphatic heterocycles. The average molecular weight is 468 g/mol. The van der Waals surface area contributed by atoms with Crippen LogP contribution >= 0.6 is 11.6 Å². The summed E-state index contributed by atoms with van der Waals surface area (Å²) in [6.45, 7) is 0.521. The number of aliphatic hydroxyl groups is 3. The van der Waals surface area contributed by atoms with Crippen molar-refractivity contribution in [2.45, 2.75) is 36.7 Å². The van der Waals surface area contributed by atoms with Crippen molar-refractivity contribution < 1.29 is 39.2 Å². The van der Waals surface area contributed by atoms with Crippen molar-refractivity contribution in [1.29, 1.82) is 0 Å². The van der Waals surface area contributed by atoms with Crippen molar-refractivity contribution in [3.8, 4) is 0 Å². The van der Waals surface area contributed by atoms with Crippen molar-refractivity contribution in [1.82, 2.24) is 4.98 Å². The Labute approximate surface area is 191 Å². The van der Waals surface area contributed by atoms with Gasteiger partial charge in [-0.15, -0.1) is 0 Å². The van der Waals surface area contributed by atoms with Crippen LogP contribution in [0.25, 0.3) is 0 Å². The summed E-state index contributed by atoms with van der Waals surface area (Å²) in [5.74, 6) is -1.41. The Kier molecular flexibility index (Phi) is 7.84. The first-order chi connectivity index (χ1) is 15.1. The number of rotatable bonds is 8. The van der Waals surface area contributed by atoms with E-state index in [1.165, 1.54) is 0 Å². The van der Waals surface area contributed by atoms with E-state index < -0.39 is 42.7 Å². The molecule has 0 saturated carbocycles. The van der Waals surface area contributed by atoms with Crippen molar-refractivity contribution in [3.63, 3.8) is 0 Å². The van der Waals surface area contributed by atoms with Crippen LogP contribution in [0.3, 0.4) is 0 Å². The highest BCUT2D eigenvalue weighted by molar-refractivity contribution is 6.30. The number of quaternary nitrogens is 1. The van der Waals surface area contributed by atoms with Crippen LogP contribution in [-0.4, -0.2) is 93.8 Å². The molecule has 32 heavy (non-hydrogen) atoms. The number of benzene rings is 1. The normalized spacial score (nSPS) is 27.1. The van der Waals surface area contributed by atoms with Crippen LogP contribution in [0.5, 0.6) is 0 Å². The van der Waals surface area contributed by atoms with Crippen LogP contribution in [0, 0.1) is 0 Å². The molecule has 0 spiro atoms. The van der Waals surface area contributed by atoms with Gasteiger partial charge in [0, 0.05) is 11.2 Å². The minimum Gasteiger partial charge on any atom is -0.479 e. The van der Waals surface area contributed by atoms with Crippen LogP contribution in [0.15, 0.2) is 48.7 Å². The lowest BCUT2D eigenvalue weighted by molar-refractivity contribution is -0.944. The molecular formula is C22H28ClN2O7+. The van der Waals surface area contributed by atoms with Gasteiger partial charge in [0.05, 0.1) is 26.4 Å². The molecule has 174 valence electrons. The summed E-state index contributed by atoms with van der Waals surface area (Å²) in [4.78, 5) is 15.8. The molecule has 1 saturated heterocycles. The van der Waals surface area contributed by atoms with E-state index in [1.54, 1.807) is 32.4 Å². The molecule has 0 amide bonds. The number of aliphatic hydroxyl groups excluding tert-OH is 3. The van der Waals surface area contributed by atoms with Gasteiger partial charge >= 0.3 is 5.97 Å². The summed E-state index contributed by atoms with van der Waals surface area (Å²) in [7, 11) is 3.44. The SMILES string of the molecule is C[N+](C)(CCOC(c1ccc(Cl)cc1)c1ccccn1)[C@@H]1O[C@H](C(=O)O)[C@@H](O)C(O)C1O. The second-order valence-electron chi connectivity index (χ2n) is 8.32. The molecule has 1 aromatic carbocycles. The maximum Gasteiger partial charge on any atom is 0.335 e. The summed E-state index contributed by atoms with van der Waals surface area (Å²) in [5, 5.41) is 40.4. The van der Waals surface area contributed by atoms with Crippen LogP contribution in [0.1, 0.15) is 17.4 Å². The Morgan fingerprint density at radius 3 is 2.41 bits per heavy atom. The Morgan fingerprint density at radius 2 is 1.81 bits per heavy atom. The molecule has 1 aliphatic rings. The van der Waals surface area contributed by atoms with Crippen LogP contribution in [0.2, 0.25) is 5.02 Å². The van der Waals surface area contributed by atoms with E-state index in [0.29, 0.717) is 17.3 Å². The zero-order chi connectivity index (χ0) is 23.5. The maximum atomic E-state index is 11.4. The molecule has 3 unspecified atom stereocenters. The highest BCUT2D eigenvalue weighted by Gasteiger charge is 2.52. The van der Waals surface area contributed by atoms with Crippen molar-refractivity contribution in [3.05, 3.63) is 64.9 Å². The molecule has 4 N–H and O–H groups in total. The smallest absolute Gasteiger partial charge is 0.335 e. The van der Waals surface area contributed by atoms with E-state index in [-0.39, 0.29) is 11.1 Å². The molecule has 0 radical (unpaired) electrons. The highest BCUT2D eigenvalue weighted by Crippen LogP contribution is 2.28. The Balaban J connectivity index is 1.73. The molecule has 2 heterocycles. The summed E-state index contributed by atoms with van der Waals surface area (Å²) < 4.78 is 11.6. The Hall–Kier alpha value is -2.11. The first-order valence-corrected chi connectivity index (χ1v) is 10.5. The minimum atomic E-state index is -1.73. The topological polar surface area (TPSA) is 129 Å². The molecule has 2 aromatic rings. The predicted octanol–water partition coefficient (Wildman–Crippen LogP) is 0.810. The largest absolute Gasteiger partial charge is 0.479 e. The fourth-order valence-electron chi connectivity index (χ4n) is 3.70. The van der Waals surface area contributed by atoms with E-state index in [9.17, 15) is 25.2 Å². The molecular weight excluding hydrogens is 440 g/mol. The van der Waals surface area contributed by atoms with Crippen LogP contribution < -0.4 is 0 Å². The first-order valence-electron chi connectivity index (χ1n) is 10.1. The average Bonchev–Trinajstić information content (AvgIpc) is 2.76. The molecule has 9 nitrogen and oxygen atoms in total. The third-order valence-corrected chi connectivity index (χ3v) is 5.85. The number of carboxylic acids is 1. The van der Waals surface area contributed by atoms with E-state index in [4.69, 9.17) is 21.1 Å². The number of halogens is 1. The number of ether oxygens (including phenoxy) is 2. The van der Waals surface area contributed by atoms with E-state index in [1.807, 2.05) is 30.3 Å². The molecule has 6 atom stereocenters. The maximum absolute atomic E-state index is 11.4. The number of hydrogen-bond donors (Lipinski definition) is 4. The summed E-state index contributed by atoms with van der Waals surface area (Å²) in [6.07, 6.45) is -6.37. The molecule has 1 aromatic heterocycles. The number of likely N-dealkylation sites (N-methyl/N-ethyl adjacent to an activating group) is 1. The summed E-state index contributed by atoms with van der Waals surface area (Å²) in [6, 6.07) is 12.8. The number of carboxylic acid groups (broad SMARTS) is 1. The fraction of sp³-hybridized carbons (Fsp3) is 0.455. The zero-order valence-corrected chi connectivity index (χ0v) is 18.5. The van der Waals surface area contributed by atoms with Gasteiger partial charge in [-0.3, -0.25) is 9.47 Å². The minimum absolute atomic E-state index is 0.00964. The van der Waals surface area contributed by atoms with Gasteiger partial charge in [0.1, 0.15) is 24.9 Å². The quantitative estimate of drug-likeness (QED) is 0.420. The van der Waals surface area contributed by atoms with Gasteiger partial charge in [-0.05, 0) is 29.8 Å². The zero-order valence-electron chi connectivity index (χ0n) is 17.8. The van der Waals surface area contributed by atoms with Crippen molar-refractivity contribution in [2.24, 2.45) is 0 Å². The van der Waals surface area contributed by atoms with Gasteiger partial charge in [-0.1, -0.05) is 29.8 Å². The molecule has 0 aliphatic carbocycles. The van der Waals surface area contributed by atoms with Gasteiger partial charge in [0.25, 0.3) is 0 Å². The van der Waals surface area contributed by atoms with Crippen LogP contribution in [0.4, 0.5) is 0 Å². The number of nitrogens with zero attached hydrogens (tertiary/aromatic N) is 2. The first kappa shape index (κ1) is 24.5. The van der Waals surface area contributed by atoms with Crippen LogP contribution in [-0.2, 0) is 14.3 Å². The second-order valence-corrected chi connectivity index (χ2v) is 8.75. The third kappa shape index (κ3) is 5.44. The van der Waals surface area contributed by atoms with E-state index in [2.05, 4.69) is 4.98 Å². The van der Waals surface area contributed by atoms with Gasteiger partial charge in [0.2, 0.25) is 6.23 Å². The lowest BCUT2D eigenvalue weighted by atomic mass is 9.97. The number of aliphatic carboxylic acids is 1. The molecule has 0 bridgehead atoms. The van der Waals surface area contributed by atoms with Crippen molar-refractivity contribution >= 4 is 17.6 Å². The van der Waals surface area contributed by atoms with Gasteiger partial charge in [-0.2, -0.15) is 0 Å². The monoisotopic (exact) mass is 467 g/mol. The molecule has 1 fully saturated rings. The Morgan fingerprint density at radius 1 is 1.12 bits per heavy atom. The van der Waals surface area contributed by atoms with Gasteiger partial charge in [0.15, 0.2) is 12.2 Å². The Bertz CT molecular complexity index is 897. The molecule has 10 heteroatoms. The van der Waals surface area contributed by atoms with Gasteiger partial charge < -0.3 is 29.9 Å².